The van der Waals surface area contributed by atoms with Crippen LogP contribution in [0.5, 0.6) is 23.1 Å². The Balaban J connectivity index is 2.20. The second kappa shape index (κ2) is 4.53. The van der Waals surface area contributed by atoms with Crippen molar-refractivity contribution in [3.05, 3.63) is 42.6 Å². The summed E-state index contributed by atoms with van der Waals surface area (Å²) in [6.45, 7) is 0. The van der Waals surface area contributed by atoms with Gasteiger partial charge in [0.25, 0.3) is 0 Å². The number of rotatable bonds is 3. The standard InChI is InChI=1S/C12H11NO3/c1-15-12-8-11(5-6-13-12)16-10-4-2-3-9(14)7-10/h2-8,14H,1H3. The number of aromatic nitrogens is 1. The molecule has 2 rings (SSSR count). The van der Waals surface area contributed by atoms with Gasteiger partial charge < -0.3 is 14.6 Å². The van der Waals surface area contributed by atoms with Gasteiger partial charge in [0.1, 0.15) is 17.2 Å². The molecule has 1 heterocycles. The molecule has 0 amide bonds. The molecule has 0 aliphatic heterocycles. The highest BCUT2D eigenvalue weighted by Gasteiger charge is 2.00. The van der Waals surface area contributed by atoms with E-state index in [1.165, 1.54) is 6.07 Å². The van der Waals surface area contributed by atoms with E-state index in [1.807, 2.05) is 0 Å². The Labute approximate surface area is 93.1 Å². The van der Waals surface area contributed by atoms with E-state index in [0.717, 1.165) is 0 Å². The average Bonchev–Trinajstić information content (AvgIpc) is 2.29. The Kier molecular flexibility index (Phi) is 2.91. The smallest absolute Gasteiger partial charge is 0.216 e. The quantitative estimate of drug-likeness (QED) is 0.858. The zero-order valence-corrected chi connectivity index (χ0v) is 8.75. The average molecular weight is 217 g/mol. The summed E-state index contributed by atoms with van der Waals surface area (Å²) in [5.74, 6) is 1.82. The number of aromatic hydroxyl groups is 1. The van der Waals surface area contributed by atoms with Crippen LogP contribution in [0.25, 0.3) is 0 Å². The SMILES string of the molecule is COc1cc(Oc2cccc(O)c2)ccn1. The largest absolute Gasteiger partial charge is 0.508 e. The summed E-state index contributed by atoms with van der Waals surface area (Å²) in [6.07, 6.45) is 1.59. The third-order valence-corrected chi connectivity index (χ3v) is 1.97. The van der Waals surface area contributed by atoms with Crippen LogP contribution < -0.4 is 9.47 Å². The van der Waals surface area contributed by atoms with Gasteiger partial charge in [-0.05, 0) is 18.2 Å². The molecule has 0 saturated carbocycles. The summed E-state index contributed by atoms with van der Waals surface area (Å²) in [5, 5.41) is 9.27. The molecule has 0 fully saturated rings. The zero-order chi connectivity index (χ0) is 11.4. The summed E-state index contributed by atoms with van der Waals surface area (Å²) in [4.78, 5) is 3.97. The van der Waals surface area contributed by atoms with Crippen LogP contribution in [0.2, 0.25) is 0 Å². The topological polar surface area (TPSA) is 51.6 Å². The number of hydrogen-bond acceptors (Lipinski definition) is 4. The van der Waals surface area contributed by atoms with Crippen LogP contribution in [0.1, 0.15) is 0 Å². The second-order valence-electron chi connectivity index (χ2n) is 3.13. The van der Waals surface area contributed by atoms with Gasteiger partial charge in [-0.2, -0.15) is 0 Å². The van der Waals surface area contributed by atoms with Gasteiger partial charge in [-0.25, -0.2) is 4.98 Å². The van der Waals surface area contributed by atoms with Crippen molar-refractivity contribution in [1.29, 1.82) is 0 Å². The second-order valence-corrected chi connectivity index (χ2v) is 3.13. The van der Waals surface area contributed by atoms with Crippen molar-refractivity contribution in [2.75, 3.05) is 7.11 Å². The lowest BCUT2D eigenvalue weighted by molar-refractivity contribution is 0.392. The highest BCUT2D eigenvalue weighted by molar-refractivity contribution is 5.36. The van der Waals surface area contributed by atoms with Crippen LogP contribution in [-0.2, 0) is 0 Å². The van der Waals surface area contributed by atoms with E-state index in [0.29, 0.717) is 17.4 Å². The van der Waals surface area contributed by atoms with Crippen molar-refractivity contribution >= 4 is 0 Å². The predicted molar refractivity (Wildman–Crippen MR) is 59.0 cm³/mol. The van der Waals surface area contributed by atoms with Crippen molar-refractivity contribution < 1.29 is 14.6 Å². The molecule has 16 heavy (non-hydrogen) atoms. The number of ether oxygens (including phenoxy) is 2. The number of pyridine rings is 1. The molecule has 0 radical (unpaired) electrons. The van der Waals surface area contributed by atoms with E-state index in [4.69, 9.17) is 9.47 Å². The Hall–Kier alpha value is -2.23. The van der Waals surface area contributed by atoms with Gasteiger partial charge in [0.05, 0.1) is 7.11 Å². The van der Waals surface area contributed by atoms with E-state index < -0.39 is 0 Å². The molecule has 1 N–H and O–H groups in total. The normalized spacial score (nSPS) is 9.81. The van der Waals surface area contributed by atoms with E-state index in [9.17, 15) is 5.11 Å². The van der Waals surface area contributed by atoms with Crippen molar-refractivity contribution in [3.63, 3.8) is 0 Å². The third-order valence-electron chi connectivity index (χ3n) is 1.97. The van der Waals surface area contributed by atoms with Crippen LogP contribution >= 0.6 is 0 Å². The molecular formula is C12H11NO3. The first-order chi connectivity index (χ1) is 7.78. The lowest BCUT2D eigenvalue weighted by atomic mass is 10.3. The van der Waals surface area contributed by atoms with Crippen molar-refractivity contribution in [1.82, 2.24) is 4.98 Å². The molecule has 0 atom stereocenters. The van der Waals surface area contributed by atoms with Gasteiger partial charge in [0.2, 0.25) is 5.88 Å². The molecule has 0 unspecified atom stereocenters. The number of phenolic OH excluding ortho intramolecular Hbond substituents is 1. The lowest BCUT2D eigenvalue weighted by Gasteiger charge is -2.06. The Morgan fingerprint density at radius 3 is 2.69 bits per heavy atom. The van der Waals surface area contributed by atoms with Crippen LogP contribution in [-0.4, -0.2) is 17.2 Å². The lowest BCUT2D eigenvalue weighted by Crippen LogP contribution is -1.89. The minimum absolute atomic E-state index is 0.165. The van der Waals surface area contributed by atoms with Crippen molar-refractivity contribution in [2.45, 2.75) is 0 Å². The molecule has 1 aromatic carbocycles. The maximum Gasteiger partial charge on any atom is 0.216 e. The van der Waals surface area contributed by atoms with Gasteiger partial charge >= 0.3 is 0 Å². The molecule has 1 aromatic heterocycles. The first kappa shape index (κ1) is 10.3. The van der Waals surface area contributed by atoms with E-state index in [-0.39, 0.29) is 5.75 Å². The zero-order valence-electron chi connectivity index (χ0n) is 8.75. The van der Waals surface area contributed by atoms with Gasteiger partial charge in [-0.1, -0.05) is 6.07 Å². The summed E-state index contributed by atoms with van der Waals surface area (Å²) >= 11 is 0. The van der Waals surface area contributed by atoms with Gasteiger partial charge in [0, 0.05) is 18.3 Å². The molecule has 2 aromatic rings. The van der Waals surface area contributed by atoms with Gasteiger partial charge in [0.15, 0.2) is 0 Å². The number of phenols is 1. The van der Waals surface area contributed by atoms with Crippen molar-refractivity contribution in [3.8, 4) is 23.1 Å². The molecule has 0 bridgehead atoms. The molecule has 4 heteroatoms. The summed E-state index contributed by atoms with van der Waals surface area (Å²) in [5.41, 5.74) is 0. The summed E-state index contributed by atoms with van der Waals surface area (Å²) < 4.78 is 10.5. The molecular weight excluding hydrogens is 206 g/mol. The number of benzene rings is 1. The first-order valence-corrected chi connectivity index (χ1v) is 4.75. The van der Waals surface area contributed by atoms with E-state index >= 15 is 0 Å². The van der Waals surface area contributed by atoms with Crippen LogP contribution in [0, 0.1) is 0 Å². The predicted octanol–water partition coefficient (Wildman–Crippen LogP) is 2.59. The summed E-state index contributed by atoms with van der Waals surface area (Å²) in [7, 11) is 1.54. The van der Waals surface area contributed by atoms with E-state index in [1.54, 1.807) is 43.6 Å². The molecule has 0 saturated heterocycles. The van der Waals surface area contributed by atoms with Gasteiger partial charge in [-0.3, -0.25) is 0 Å². The fraction of sp³-hybridized carbons (Fsp3) is 0.0833. The van der Waals surface area contributed by atoms with Crippen LogP contribution in [0.3, 0.4) is 0 Å². The first-order valence-electron chi connectivity index (χ1n) is 4.75. The number of nitrogens with zero attached hydrogens (tertiary/aromatic N) is 1. The minimum atomic E-state index is 0.165. The van der Waals surface area contributed by atoms with E-state index in [2.05, 4.69) is 4.98 Å². The highest BCUT2D eigenvalue weighted by atomic mass is 16.5. The molecule has 0 aliphatic carbocycles. The third kappa shape index (κ3) is 2.42. The fourth-order valence-electron chi connectivity index (χ4n) is 1.25. The number of hydrogen-bond donors (Lipinski definition) is 1. The monoisotopic (exact) mass is 217 g/mol. The Morgan fingerprint density at radius 1 is 1.12 bits per heavy atom. The maximum absolute atomic E-state index is 9.27. The molecule has 4 nitrogen and oxygen atoms in total. The van der Waals surface area contributed by atoms with Crippen LogP contribution in [0.4, 0.5) is 0 Å². The van der Waals surface area contributed by atoms with Gasteiger partial charge in [-0.15, -0.1) is 0 Å². The number of methoxy groups -OCH3 is 1. The maximum atomic E-state index is 9.27. The van der Waals surface area contributed by atoms with Crippen LogP contribution in [0.15, 0.2) is 42.6 Å². The highest BCUT2D eigenvalue weighted by Crippen LogP contribution is 2.25. The molecule has 82 valence electrons. The molecule has 0 aliphatic rings. The summed E-state index contributed by atoms with van der Waals surface area (Å²) in [6, 6.07) is 9.97. The van der Waals surface area contributed by atoms with Crippen molar-refractivity contribution in [2.24, 2.45) is 0 Å². The molecule has 0 spiro atoms. The Bertz CT molecular complexity index is 485. The minimum Gasteiger partial charge on any atom is -0.508 e. The fourth-order valence-corrected chi connectivity index (χ4v) is 1.25. The Morgan fingerprint density at radius 2 is 1.94 bits per heavy atom.